The minimum Gasteiger partial charge on any atom is -0.465 e. The summed E-state index contributed by atoms with van der Waals surface area (Å²) in [5.41, 5.74) is 4.62. The maximum absolute atomic E-state index is 13.0. The summed E-state index contributed by atoms with van der Waals surface area (Å²) >= 11 is 0. The van der Waals surface area contributed by atoms with Gasteiger partial charge in [0.1, 0.15) is 23.5 Å². The smallest absolute Gasteiger partial charge is 0.407 e. The lowest BCUT2D eigenvalue weighted by Gasteiger charge is -2.36. The van der Waals surface area contributed by atoms with Gasteiger partial charge in [-0.15, -0.1) is 0 Å². The summed E-state index contributed by atoms with van der Waals surface area (Å²) in [7, 11) is 1.62. The predicted octanol–water partition coefficient (Wildman–Crippen LogP) is 3.68. The number of hydrogen-bond donors (Lipinski definition) is 3. The number of morpholine rings is 1. The van der Waals surface area contributed by atoms with Crippen molar-refractivity contribution in [1.29, 1.82) is 0 Å². The van der Waals surface area contributed by atoms with Crippen molar-refractivity contribution in [2.75, 3.05) is 56.7 Å². The van der Waals surface area contributed by atoms with E-state index in [1.54, 1.807) is 25.6 Å². The number of aromatic nitrogens is 4. The van der Waals surface area contributed by atoms with E-state index in [0.29, 0.717) is 37.7 Å². The first-order valence-corrected chi connectivity index (χ1v) is 14.2. The molecule has 42 heavy (non-hydrogen) atoms. The molecule has 0 aliphatic carbocycles. The van der Waals surface area contributed by atoms with Gasteiger partial charge in [-0.25, -0.2) is 14.8 Å². The first kappa shape index (κ1) is 27.6. The molecule has 12 heteroatoms. The number of likely N-dealkylation sites (N-methyl/N-ethyl adjacent to an activating group) is 1. The molecule has 2 aliphatic rings. The summed E-state index contributed by atoms with van der Waals surface area (Å²) in [6, 6.07) is 13.4. The van der Waals surface area contributed by atoms with Crippen LogP contribution in [0, 0.1) is 0 Å². The molecule has 0 radical (unpaired) electrons. The molecular formula is C30H34N8O4. The number of nitrogens with zero attached hydrogens (tertiary/aromatic N) is 6. The Bertz CT molecular complexity index is 1570. The van der Waals surface area contributed by atoms with Crippen molar-refractivity contribution in [1.82, 2.24) is 29.7 Å². The fourth-order valence-corrected chi connectivity index (χ4v) is 5.64. The average Bonchev–Trinajstić information content (AvgIpc) is 3.46. The van der Waals surface area contributed by atoms with Crippen LogP contribution in [0.3, 0.4) is 0 Å². The molecule has 0 unspecified atom stereocenters. The summed E-state index contributed by atoms with van der Waals surface area (Å²) in [6.07, 6.45) is 4.09. The Balaban J connectivity index is 1.11. The number of anilines is 2. The lowest BCUT2D eigenvalue weighted by atomic mass is 10.0. The van der Waals surface area contributed by atoms with E-state index in [1.807, 2.05) is 30.3 Å². The monoisotopic (exact) mass is 570 g/mol. The first-order chi connectivity index (χ1) is 20.4. The minimum absolute atomic E-state index is 0.0343. The fraction of sp³-hybridized carbons (Fsp3) is 0.367. The Morgan fingerprint density at radius 2 is 1.90 bits per heavy atom. The number of piperidine rings is 1. The Kier molecular flexibility index (Phi) is 7.97. The van der Waals surface area contributed by atoms with Gasteiger partial charge in [0.2, 0.25) is 0 Å². The third kappa shape index (κ3) is 6.04. The Hall–Kier alpha value is -4.55. The van der Waals surface area contributed by atoms with Crippen LogP contribution >= 0.6 is 0 Å². The third-order valence-corrected chi connectivity index (χ3v) is 7.96. The largest absolute Gasteiger partial charge is 0.465 e. The molecule has 1 aromatic carbocycles. The molecule has 2 saturated heterocycles. The van der Waals surface area contributed by atoms with Gasteiger partial charge >= 0.3 is 6.09 Å². The van der Waals surface area contributed by atoms with Crippen molar-refractivity contribution in [2.24, 2.45) is 0 Å². The number of nitrogens with one attached hydrogen (secondary N) is 2. The summed E-state index contributed by atoms with van der Waals surface area (Å²) in [5, 5.41) is 13.2. The van der Waals surface area contributed by atoms with Gasteiger partial charge in [-0.2, -0.15) is 0 Å². The highest BCUT2D eigenvalue weighted by Crippen LogP contribution is 2.30. The number of carboxylic acid groups (broad SMARTS) is 1. The molecule has 2 fully saturated rings. The molecule has 4 aromatic rings. The molecule has 1 atom stereocenters. The van der Waals surface area contributed by atoms with E-state index in [4.69, 9.17) is 4.74 Å². The molecule has 0 spiro atoms. The van der Waals surface area contributed by atoms with Crippen molar-refractivity contribution in [3.63, 3.8) is 0 Å². The van der Waals surface area contributed by atoms with Gasteiger partial charge < -0.3 is 29.9 Å². The normalized spacial score (nSPS) is 17.7. The van der Waals surface area contributed by atoms with Crippen LogP contribution in [0.15, 0.2) is 55.0 Å². The van der Waals surface area contributed by atoms with Gasteiger partial charge in [-0.1, -0.05) is 12.1 Å². The Labute approximate surface area is 243 Å². The molecule has 3 N–H and O–H groups in total. The highest BCUT2D eigenvalue weighted by Gasteiger charge is 2.26. The van der Waals surface area contributed by atoms with E-state index in [0.717, 1.165) is 66.1 Å². The average molecular weight is 571 g/mol. The van der Waals surface area contributed by atoms with Gasteiger partial charge in [0.05, 0.1) is 18.6 Å². The van der Waals surface area contributed by atoms with Crippen molar-refractivity contribution in [3.05, 3.63) is 66.2 Å². The van der Waals surface area contributed by atoms with E-state index in [1.165, 1.54) is 4.90 Å². The number of aromatic amines is 1. The van der Waals surface area contributed by atoms with Crippen LogP contribution < -0.4 is 10.2 Å². The van der Waals surface area contributed by atoms with E-state index >= 15 is 0 Å². The van der Waals surface area contributed by atoms with E-state index < -0.39 is 6.09 Å². The number of benzene rings is 1. The second-order valence-electron chi connectivity index (χ2n) is 10.7. The third-order valence-electron chi connectivity index (χ3n) is 7.96. The highest BCUT2D eigenvalue weighted by molar-refractivity contribution is 6.03. The van der Waals surface area contributed by atoms with Crippen molar-refractivity contribution < 1.29 is 19.4 Å². The van der Waals surface area contributed by atoms with Crippen LogP contribution in [0.5, 0.6) is 0 Å². The number of carbonyl (C=O) groups excluding carboxylic acids is 1. The molecule has 0 saturated carbocycles. The number of ether oxygens (including phenoxy) is 1. The molecule has 218 valence electrons. The van der Waals surface area contributed by atoms with Gasteiger partial charge in [0, 0.05) is 56.8 Å². The maximum Gasteiger partial charge on any atom is 0.407 e. The Morgan fingerprint density at radius 1 is 1.10 bits per heavy atom. The predicted molar refractivity (Wildman–Crippen MR) is 159 cm³/mol. The topological polar surface area (TPSA) is 140 Å². The van der Waals surface area contributed by atoms with Gasteiger partial charge in [0.15, 0.2) is 0 Å². The molecule has 2 amide bonds. The molecule has 6 rings (SSSR count). The van der Waals surface area contributed by atoms with Gasteiger partial charge in [-0.05, 0) is 60.8 Å². The van der Waals surface area contributed by atoms with Crippen LogP contribution in [0.1, 0.15) is 28.9 Å². The summed E-state index contributed by atoms with van der Waals surface area (Å²) in [4.78, 5) is 46.9. The second kappa shape index (κ2) is 12.1. The van der Waals surface area contributed by atoms with Crippen molar-refractivity contribution in [2.45, 2.75) is 25.4 Å². The lowest BCUT2D eigenvalue weighted by Crippen LogP contribution is -2.47. The minimum atomic E-state index is -0.911. The molecule has 12 nitrogen and oxygen atoms in total. The van der Waals surface area contributed by atoms with E-state index in [-0.39, 0.29) is 11.9 Å². The number of carbonyl (C=O) groups is 2. The highest BCUT2D eigenvalue weighted by atomic mass is 16.5. The number of pyridine rings is 1. The lowest BCUT2D eigenvalue weighted by molar-refractivity contribution is 0.0949. The molecule has 3 aromatic heterocycles. The van der Waals surface area contributed by atoms with Crippen LogP contribution in [0.4, 0.5) is 16.3 Å². The van der Waals surface area contributed by atoms with Crippen LogP contribution in [0.2, 0.25) is 0 Å². The quantitative estimate of drug-likeness (QED) is 0.304. The van der Waals surface area contributed by atoms with Crippen LogP contribution in [0.25, 0.3) is 22.3 Å². The van der Waals surface area contributed by atoms with Gasteiger partial charge in [-0.3, -0.25) is 14.7 Å². The van der Waals surface area contributed by atoms with Crippen LogP contribution in [-0.2, 0) is 11.3 Å². The Morgan fingerprint density at radius 3 is 2.69 bits per heavy atom. The SMILES string of the molecule is CN(C(=O)O)[C@@H]1CCCN(Cc2ccnc(C(=O)Nc3ccc(-c4cc5c(N6CCOCC6)ncnc5[nH]4)cc3)c2)C1. The first-order valence-electron chi connectivity index (χ1n) is 14.2. The standard InChI is InChI=1S/C30H34N8O4/c1-36(30(40)41)23-3-2-10-37(18-23)17-20-8-9-31-26(15-20)29(39)34-22-6-4-21(5-7-22)25-16-24-27(35-25)32-19-33-28(24)38-11-13-42-14-12-38/h4-9,15-16,19,23H,2-3,10-14,17-18H2,1H3,(H,34,39)(H,40,41)(H,32,33,35)/t23-/m1/s1. The van der Waals surface area contributed by atoms with Crippen LogP contribution in [-0.4, -0.2) is 99.3 Å². The molecule has 0 bridgehead atoms. The number of likely N-dealkylation sites (tertiary alicyclic amines) is 1. The van der Waals surface area contributed by atoms with Crippen molar-refractivity contribution >= 4 is 34.5 Å². The molecule has 2 aliphatic heterocycles. The summed E-state index contributed by atoms with van der Waals surface area (Å²) < 4.78 is 5.48. The number of H-pyrrole nitrogens is 1. The second-order valence-corrected chi connectivity index (χ2v) is 10.7. The van der Waals surface area contributed by atoms with Crippen molar-refractivity contribution in [3.8, 4) is 11.3 Å². The van der Waals surface area contributed by atoms with Gasteiger partial charge in [0.25, 0.3) is 5.91 Å². The summed E-state index contributed by atoms with van der Waals surface area (Å²) in [6.45, 7) is 5.13. The zero-order valence-electron chi connectivity index (χ0n) is 23.5. The zero-order valence-corrected chi connectivity index (χ0v) is 23.5. The van der Waals surface area contributed by atoms with E-state index in [2.05, 4.69) is 41.1 Å². The van der Waals surface area contributed by atoms with E-state index in [9.17, 15) is 14.7 Å². The number of hydrogen-bond acceptors (Lipinski definition) is 8. The number of fused-ring (bicyclic) bond motifs is 1. The molecule has 5 heterocycles. The zero-order chi connectivity index (χ0) is 29.1. The fourth-order valence-electron chi connectivity index (χ4n) is 5.64. The maximum atomic E-state index is 13.0. The number of rotatable bonds is 7. The molecular weight excluding hydrogens is 536 g/mol. The summed E-state index contributed by atoms with van der Waals surface area (Å²) in [5.74, 6) is 0.611. The number of amides is 2.